The first-order valence-corrected chi connectivity index (χ1v) is 8.88. The predicted molar refractivity (Wildman–Crippen MR) is 93.6 cm³/mol. The number of carbonyl (C=O) groups excluding carboxylic acids is 1. The molecule has 1 amide bonds. The molecule has 2 aromatic rings. The van der Waals surface area contributed by atoms with E-state index in [1.165, 1.54) is 0 Å². The largest absolute Gasteiger partial charge is 0.497 e. The van der Waals surface area contributed by atoms with Gasteiger partial charge in [-0.1, -0.05) is 0 Å². The molecule has 1 aliphatic heterocycles. The predicted octanol–water partition coefficient (Wildman–Crippen LogP) is 3.56. The molecule has 1 aromatic carbocycles. The first kappa shape index (κ1) is 16.8. The number of methoxy groups -OCH3 is 1. The number of rotatable bonds is 6. The first-order valence-electron chi connectivity index (χ1n) is 7.83. The minimum absolute atomic E-state index is 0.0654. The molecule has 2 heterocycles. The fourth-order valence-corrected chi connectivity index (χ4v) is 3.74. The van der Waals surface area contributed by atoms with Crippen LogP contribution in [0.25, 0.3) is 0 Å². The van der Waals surface area contributed by atoms with Crippen molar-refractivity contribution in [3.8, 4) is 11.5 Å². The Morgan fingerprint density at radius 1 is 1.25 bits per heavy atom. The van der Waals surface area contributed by atoms with E-state index in [0.717, 1.165) is 28.6 Å². The number of nitrogens with zero attached hydrogens (tertiary/aromatic N) is 1. The van der Waals surface area contributed by atoms with Crippen LogP contribution in [-0.4, -0.2) is 36.8 Å². The van der Waals surface area contributed by atoms with Gasteiger partial charge in [-0.3, -0.25) is 4.79 Å². The molecule has 128 valence electrons. The highest BCUT2D eigenvalue weighted by Crippen LogP contribution is 2.39. The molecule has 1 atom stereocenters. The quantitative estimate of drug-likeness (QED) is 0.800. The number of thioether (sulfide) groups is 1. The summed E-state index contributed by atoms with van der Waals surface area (Å²) in [6.45, 7) is 4.92. The number of furan rings is 1. The van der Waals surface area contributed by atoms with E-state index in [0.29, 0.717) is 18.9 Å². The number of hydrogen-bond donors (Lipinski definition) is 0. The van der Waals surface area contributed by atoms with E-state index >= 15 is 0 Å². The molecule has 0 radical (unpaired) electrons. The zero-order chi connectivity index (χ0) is 17.1. The van der Waals surface area contributed by atoms with E-state index in [2.05, 4.69) is 0 Å². The number of ether oxygens (including phenoxy) is 2. The molecular weight excluding hydrogens is 326 g/mol. The van der Waals surface area contributed by atoms with Crippen LogP contribution in [0.3, 0.4) is 0 Å². The van der Waals surface area contributed by atoms with Crippen molar-refractivity contribution in [1.29, 1.82) is 0 Å². The third kappa shape index (κ3) is 3.53. The van der Waals surface area contributed by atoms with Gasteiger partial charge in [-0.2, -0.15) is 0 Å². The maximum atomic E-state index is 12.2. The van der Waals surface area contributed by atoms with Crippen molar-refractivity contribution >= 4 is 17.7 Å². The molecule has 24 heavy (non-hydrogen) atoms. The molecular formula is C18H21NO4S. The number of hydrogen-bond acceptors (Lipinski definition) is 5. The van der Waals surface area contributed by atoms with Crippen LogP contribution in [0, 0.1) is 13.8 Å². The zero-order valence-electron chi connectivity index (χ0n) is 14.1. The first-order chi connectivity index (χ1) is 11.6. The molecule has 0 bridgehead atoms. The van der Waals surface area contributed by atoms with Gasteiger partial charge in [0.25, 0.3) is 0 Å². The molecule has 1 saturated heterocycles. The SMILES string of the molecule is COc1ccc(OCCN2C(=O)CSC2c2cc(C)c(C)o2)cc1. The summed E-state index contributed by atoms with van der Waals surface area (Å²) in [5, 5.41) is -0.0654. The summed E-state index contributed by atoms with van der Waals surface area (Å²) < 4.78 is 16.7. The monoisotopic (exact) mass is 347 g/mol. The molecule has 0 saturated carbocycles. The van der Waals surface area contributed by atoms with Crippen LogP contribution in [0.1, 0.15) is 22.5 Å². The fraction of sp³-hybridized carbons (Fsp3) is 0.389. The number of aryl methyl sites for hydroxylation is 2. The van der Waals surface area contributed by atoms with E-state index in [1.54, 1.807) is 18.9 Å². The van der Waals surface area contributed by atoms with Crippen LogP contribution in [0.5, 0.6) is 11.5 Å². The van der Waals surface area contributed by atoms with Gasteiger partial charge in [0.05, 0.1) is 19.4 Å². The Kier molecular flexibility index (Phi) is 5.04. The van der Waals surface area contributed by atoms with E-state index < -0.39 is 0 Å². The van der Waals surface area contributed by atoms with E-state index in [9.17, 15) is 4.79 Å². The number of benzene rings is 1. The van der Waals surface area contributed by atoms with Crippen molar-refractivity contribution in [2.24, 2.45) is 0 Å². The number of carbonyl (C=O) groups is 1. The lowest BCUT2D eigenvalue weighted by Gasteiger charge is -2.22. The molecule has 6 heteroatoms. The van der Waals surface area contributed by atoms with Crippen molar-refractivity contribution in [2.45, 2.75) is 19.2 Å². The van der Waals surface area contributed by atoms with E-state index in [1.807, 2.05) is 49.1 Å². The van der Waals surface area contributed by atoms with Crippen molar-refractivity contribution < 1.29 is 18.7 Å². The van der Waals surface area contributed by atoms with Crippen LogP contribution in [0.4, 0.5) is 0 Å². The van der Waals surface area contributed by atoms with Gasteiger partial charge in [0.1, 0.15) is 35.0 Å². The summed E-state index contributed by atoms with van der Waals surface area (Å²) in [5.41, 5.74) is 1.11. The highest BCUT2D eigenvalue weighted by molar-refractivity contribution is 8.00. The lowest BCUT2D eigenvalue weighted by atomic mass is 10.3. The van der Waals surface area contributed by atoms with Crippen LogP contribution < -0.4 is 9.47 Å². The molecule has 1 fully saturated rings. The van der Waals surface area contributed by atoms with Crippen LogP contribution >= 0.6 is 11.8 Å². The topological polar surface area (TPSA) is 51.9 Å². The fourth-order valence-electron chi connectivity index (χ4n) is 2.59. The summed E-state index contributed by atoms with van der Waals surface area (Å²) in [5.74, 6) is 3.89. The molecule has 1 aliphatic rings. The molecule has 5 nitrogen and oxygen atoms in total. The van der Waals surface area contributed by atoms with E-state index in [4.69, 9.17) is 13.9 Å². The van der Waals surface area contributed by atoms with Crippen molar-refractivity contribution in [1.82, 2.24) is 4.90 Å². The lowest BCUT2D eigenvalue weighted by molar-refractivity contribution is -0.128. The second-order valence-electron chi connectivity index (χ2n) is 5.66. The van der Waals surface area contributed by atoms with Gasteiger partial charge >= 0.3 is 0 Å². The standard InChI is InChI=1S/C18H21NO4S/c1-12-10-16(23-13(12)2)18-19(17(20)11-24-18)8-9-22-15-6-4-14(21-3)5-7-15/h4-7,10,18H,8-9,11H2,1-3H3. The smallest absolute Gasteiger partial charge is 0.234 e. The van der Waals surface area contributed by atoms with Gasteiger partial charge in [-0.25, -0.2) is 0 Å². The van der Waals surface area contributed by atoms with Gasteiger partial charge < -0.3 is 18.8 Å². The van der Waals surface area contributed by atoms with Gasteiger partial charge in [0.2, 0.25) is 5.91 Å². The maximum absolute atomic E-state index is 12.2. The molecule has 0 N–H and O–H groups in total. The lowest BCUT2D eigenvalue weighted by Crippen LogP contribution is -2.32. The Hall–Kier alpha value is -2.08. The Labute approximate surface area is 145 Å². The summed E-state index contributed by atoms with van der Waals surface area (Å²) in [6, 6.07) is 9.43. The molecule has 0 spiro atoms. The molecule has 1 unspecified atom stereocenters. The normalized spacial score (nSPS) is 17.4. The maximum Gasteiger partial charge on any atom is 0.234 e. The summed E-state index contributed by atoms with van der Waals surface area (Å²) in [6.07, 6.45) is 0. The molecule has 1 aromatic heterocycles. The van der Waals surface area contributed by atoms with Gasteiger partial charge in [-0.05, 0) is 49.7 Å². The third-order valence-corrected chi connectivity index (χ3v) is 5.27. The van der Waals surface area contributed by atoms with E-state index in [-0.39, 0.29) is 11.3 Å². The van der Waals surface area contributed by atoms with Crippen LogP contribution in [0.2, 0.25) is 0 Å². The van der Waals surface area contributed by atoms with Crippen LogP contribution in [-0.2, 0) is 4.79 Å². The molecule has 0 aliphatic carbocycles. The Morgan fingerprint density at radius 3 is 2.58 bits per heavy atom. The van der Waals surface area contributed by atoms with Crippen molar-refractivity contribution in [2.75, 3.05) is 26.0 Å². The van der Waals surface area contributed by atoms with Gasteiger partial charge in [0.15, 0.2) is 0 Å². The van der Waals surface area contributed by atoms with Gasteiger partial charge in [0, 0.05) is 0 Å². The number of amides is 1. The average Bonchev–Trinajstić information content (AvgIpc) is 3.11. The zero-order valence-corrected chi connectivity index (χ0v) is 14.9. The minimum atomic E-state index is -0.0654. The summed E-state index contributed by atoms with van der Waals surface area (Å²) in [4.78, 5) is 14.0. The van der Waals surface area contributed by atoms with Gasteiger partial charge in [-0.15, -0.1) is 11.8 Å². The van der Waals surface area contributed by atoms with Crippen molar-refractivity contribution in [3.05, 3.63) is 47.4 Å². The van der Waals surface area contributed by atoms with Crippen LogP contribution in [0.15, 0.2) is 34.7 Å². The minimum Gasteiger partial charge on any atom is -0.497 e. The Bertz CT molecular complexity index is 691. The Balaban J connectivity index is 1.60. The Morgan fingerprint density at radius 2 is 1.96 bits per heavy atom. The second-order valence-corrected chi connectivity index (χ2v) is 6.73. The highest BCUT2D eigenvalue weighted by atomic mass is 32.2. The third-order valence-electron chi connectivity index (χ3n) is 4.06. The summed E-state index contributed by atoms with van der Waals surface area (Å²) >= 11 is 1.60. The van der Waals surface area contributed by atoms with Crippen molar-refractivity contribution in [3.63, 3.8) is 0 Å². The highest BCUT2D eigenvalue weighted by Gasteiger charge is 2.34. The average molecular weight is 347 g/mol. The summed E-state index contributed by atoms with van der Waals surface area (Å²) in [7, 11) is 1.63. The molecule has 3 rings (SSSR count). The second kappa shape index (κ2) is 7.21.